The number of carbonyl (C=O) groups excluding carboxylic acids is 1. The van der Waals surface area contributed by atoms with Crippen LogP contribution in [0, 0.1) is 0 Å². The Morgan fingerprint density at radius 1 is 1.29 bits per heavy atom. The Hall–Kier alpha value is -1.73. The minimum atomic E-state index is -0.0656. The number of hydrogen-bond donors (Lipinski definition) is 1. The Balaban J connectivity index is 1.55. The van der Waals surface area contributed by atoms with Crippen LogP contribution in [-0.4, -0.2) is 29.9 Å². The van der Waals surface area contributed by atoms with Crippen LogP contribution in [-0.2, 0) is 10.2 Å². The Labute approximate surface area is 149 Å². The van der Waals surface area contributed by atoms with Crippen LogP contribution in [0.5, 0.6) is 11.5 Å². The lowest BCUT2D eigenvalue weighted by molar-refractivity contribution is -0.113. The number of rotatable bonds is 4. The number of amides is 1. The number of nitrogens with zero attached hydrogens (tertiary/aromatic N) is 1. The van der Waals surface area contributed by atoms with Gasteiger partial charge in [-0.3, -0.25) is 4.79 Å². The number of benzene rings is 1. The molecule has 3 rings (SSSR count). The quantitative estimate of drug-likeness (QED) is 0.833. The molecule has 1 aromatic heterocycles. The number of aromatic nitrogens is 1. The zero-order valence-corrected chi connectivity index (χ0v) is 15.6. The Morgan fingerprint density at radius 3 is 2.75 bits per heavy atom. The van der Waals surface area contributed by atoms with E-state index in [9.17, 15) is 4.79 Å². The maximum Gasteiger partial charge on any atom is 0.234 e. The summed E-state index contributed by atoms with van der Waals surface area (Å²) in [5.74, 6) is 1.64. The molecule has 0 saturated carbocycles. The van der Waals surface area contributed by atoms with Crippen molar-refractivity contribution in [3.8, 4) is 11.5 Å². The van der Waals surface area contributed by atoms with E-state index in [1.165, 1.54) is 11.8 Å². The fourth-order valence-electron chi connectivity index (χ4n) is 2.11. The first-order valence-corrected chi connectivity index (χ1v) is 9.57. The minimum absolute atomic E-state index is 0.0305. The van der Waals surface area contributed by atoms with E-state index in [0.717, 1.165) is 10.0 Å². The second-order valence-corrected chi connectivity index (χ2v) is 8.52. The van der Waals surface area contributed by atoms with Gasteiger partial charge in [0.15, 0.2) is 15.8 Å². The number of anilines is 1. The van der Waals surface area contributed by atoms with Crippen LogP contribution in [0.15, 0.2) is 27.9 Å². The predicted octanol–water partition coefficient (Wildman–Crippen LogP) is 3.94. The second kappa shape index (κ2) is 7.03. The SMILES string of the molecule is CC(C)(C)c1csc(SCC(=O)Nc2ccc3c(c2)OCCO3)n1. The number of carbonyl (C=O) groups is 1. The molecule has 0 aliphatic carbocycles. The molecule has 5 nitrogen and oxygen atoms in total. The van der Waals surface area contributed by atoms with Crippen LogP contribution in [0.1, 0.15) is 26.5 Å². The van der Waals surface area contributed by atoms with Crippen molar-refractivity contribution in [2.75, 3.05) is 24.3 Å². The van der Waals surface area contributed by atoms with E-state index in [-0.39, 0.29) is 11.3 Å². The molecule has 24 heavy (non-hydrogen) atoms. The highest BCUT2D eigenvalue weighted by Gasteiger charge is 2.18. The lowest BCUT2D eigenvalue weighted by Crippen LogP contribution is -2.17. The fraction of sp³-hybridized carbons (Fsp3) is 0.412. The molecular formula is C17H20N2O3S2. The normalized spacial score (nSPS) is 13.6. The van der Waals surface area contributed by atoms with Gasteiger partial charge in [-0.05, 0) is 12.1 Å². The van der Waals surface area contributed by atoms with Crippen LogP contribution < -0.4 is 14.8 Å². The number of thiazole rings is 1. The number of ether oxygens (including phenoxy) is 2. The molecule has 1 aliphatic heterocycles. The lowest BCUT2D eigenvalue weighted by Gasteiger charge is -2.18. The smallest absolute Gasteiger partial charge is 0.234 e. The molecule has 0 radical (unpaired) electrons. The van der Waals surface area contributed by atoms with E-state index in [1.54, 1.807) is 17.4 Å². The van der Waals surface area contributed by atoms with Crippen LogP contribution in [0.3, 0.4) is 0 Å². The maximum atomic E-state index is 12.1. The van der Waals surface area contributed by atoms with Gasteiger partial charge in [-0.2, -0.15) is 0 Å². The Kier molecular flexibility index (Phi) is 5.01. The zero-order chi connectivity index (χ0) is 17.2. The van der Waals surface area contributed by atoms with E-state index in [0.29, 0.717) is 36.2 Å². The highest BCUT2D eigenvalue weighted by atomic mass is 32.2. The Bertz CT molecular complexity index is 738. The van der Waals surface area contributed by atoms with E-state index < -0.39 is 0 Å². The molecule has 2 aromatic rings. The number of thioether (sulfide) groups is 1. The van der Waals surface area contributed by atoms with Crippen molar-refractivity contribution in [1.82, 2.24) is 4.98 Å². The van der Waals surface area contributed by atoms with E-state index in [2.05, 4.69) is 36.5 Å². The summed E-state index contributed by atoms with van der Waals surface area (Å²) in [7, 11) is 0. The van der Waals surface area contributed by atoms with Gasteiger partial charge in [0, 0.05) is 22.5 Å². The van der Waals surface area contributed by atoms with Gasteiger partial charge in [0.05, 0.1) is 11.4 Å². The van der Waals surface area contributed by atoms with Crippen molar-refractivity contribution in [3.05, 3.63) is 29.3 Å². The van der Waals surface area contributed by atoms with Gasteiger partial charge < -0.3 is 14.8 Å². The van der Waals surface area contributed by atoms with Crippen molar-refractivity contribution in [2.45, 2.75) is 30.5 Å². The first kappa shape index (κ1) is 17.1. The average molecular weight is 364 g/mol. The van der Waals surface area contributed by atoms with Crippen molar-refractivity contribution in [1.29, 1.82) is 0 Å². The summed E-state index contributed by atoms with van der Waals surface area (Å²) in [5.41, 5.74) is 1.80. The molecule has 1 aromatic carbocycles. The van der Waals surface area contributed by atoms with Gasteiger partial charge >= 0.3 is 0 Å². The van der Waals surface area contributed by atoms with Crippen LogP contribution in [0.25, 0.3) is 0 Å². The number of hydrogen-bond acceptors (Lipinski definition) is 6. The third kappa shape index (κ3) is 4.21. The molecule has 0 atom stereocenters. The Morgan fingerprint density at radius 2 is 2.04 bits per heavy atom. The zero-order valence-electron chi connectivity index (χ0n) is 13.9. The van der Waals surface area contributed by atoms with Crippen molar-refractivity contribution in [2.24, 2.45) is 0 Å². The summed E-state index contributed by atoms with van der Waals surface area (Å²) in [4.78, 5) is 16.7. The van der Waals surface area contributed by atoms with E-state index >= 15 is 0 Å². The third-order valence-electron chi connectivity index (χ3n) is 3.40. The summed E-state index contributed by atoms with van der Waals surface area (Å²) in [6.07, 6.45) is 0. The minimum Gasteiger partial charge on any atom is -0.486 e. The van der Waals surface area contributed by atoms with Gasteiger partial charge in [-0.15, -0.1) is 11.3 Å². The van der Waals surface area contributed by atoms with Crippen molar-refractivity contribution >= 4 is 34.7 Å². The number of fused-ring (bicyclic) bond motifs is 1. The van der Waals surface area contributed by atoms with Crippen LogP contribution in [0.2, 0.25) is 0 Å². The molecule has 1 aliphatic rings. The van der Waals surface area contributed by atoms with Gasteiger partial charge in [0.2, 0.25) is 5.91 Å². The first-order chi connectivity index (χ1) is 11.4. The molecule has 7 heteroatoms. The standard InChI is InChI=1S/C17H20N2O3S2/c1-17(2,3)14-9-23-16(19-14)24-10-15(20)18-11-4-5-12-13(8-11)22-7-6-21-12/h4-5,8-9H,6-7,10H2,1-3H3,(H,18,20). The first-order valence-electron chi connectivity index (χ1n) is 7.70. The molecule has 2 heterocycles. The van der Waals surface area contributed by atoms with Gasteiger partial charge in [-0.1, -0.05) is 32.5 Å². The van der Waals surface area contributed by atoms with Crippen LogP contribution in [0.4, 0.5) is 5.69 Å². The molecule has 0 fully saturated rings. The van der Waals surface area contributed by atoms with Gasteiger partial charge in [0.25, 0.3) is 0 Å². The predicted molar refractivity (Wildman–Crippen MR) is 97.6 cm³/mol. The highest BCUT2D eigenvalue weighted by molar-refractivity contribution is 8.01. The molecule has 0 unspecified atom stereocenters. The summed E-state index contributed by atoms with van der Waals surface area (Å²) in [6, 6.07) is 5.42. The molecular weight excluding hydrogens is 344 g/mol. The fourth-order valence-corrected chi connectivity index (χ4v) is 3.97. The van der Waals surface area contributed by atoms with Gasteiger partial charge in [-0.25, -0.2) is 4.98 Å². The summed E-state index contributed by atoms with van der Waals surface area (Å²) < 4.78 is 11.9. The topological polar surface area (TPSA) is 60.5 Å². The monoisotopic (exact) mass is 364 g/mol. The molecule has 1 amide bonds. The van der Waals surface area contributed by atoms with Crippen molar-refractivity contribution < 1.29 is 14.3 Å². The third-order valence-corrected chi connectivity index (χ3v) is 5.43. The highest BCUT2D eigenvalue weighted by Crippen LogP contribution is 2.33. The maximum absolute atomic E-state index is 12.1. The average Bonchev–Trinajstić information content (AvgIpc) is 3.02. The summed E-state index contributed by atoms with van der Waals surface area (Å²) >= 11 is 3.03. The van der Waals surface area contributed by atoms with E-state index in [1.807, 2.05) is 12.1 Å². The summed E-state index contributed by atoms with van der Waals surface area (Å²) in [5, 5.41) is 4.94. The van der Waals surface area contributed by atoms with Crippen LogP contribution >= 0.6 is 23.1 Å². The number of nitrogens with one attached hydrogen (secondary N) is 1. The van der Waals surface area contributed by atoms with Crippen molar-refractivity contribution in [3.63, 3.8) is 0 Å². The molecule has 128 valence electrons. The molecule has 1 N–H and O–H groups in total. The largest absolute Gasteiger partial charge is 0.486 e. The van der Waals surface area contributed by atoms with E-state index in [4.69, 9.17) is 9.47 Å². The molecule has 0 spiro atoms. The molecule has 0 saturated heterocycles. The lowest BCUT2D eigenvalue weighted by atomic mass is 9.93. The molecule has 0 bridgehead atoms. The summed E-state index contributed by atoms with van der Waals surface area (Å²) in [6.45, 7) is 7.47. The van der Waals surface area contributed by atoms with Gasteiger partial charge in [0.1, 0.15) is 13.2 Å². The second-order valence-electron chi connectivity index (χ2n) is 6.44.